The number of anilines is 1. The molecule has 3 aromatic rings. The van der Waals surface area contributed by atoms with Crippen molar-refractivity contribution in [2.45, 2.75) is 10.2 Å². The molecule has 0 aliphatic rings. The van der Waals surface area contributed by atoms with Gasteiger partial charge in [0.05, 0.1) is 11.0 Å². The minimum atomic E-state index is 0.395. The largest absolute Gasteiger partial charge is 0.381 e. The molecule has 6 heteroatoms. The summed E-state index contributed by atoms with van der Waals surface area (Å²) in [4.78, 5) is 17.0. The van der Waals surface area contributed by atoms with Gasteiger partial charge >= 0.3 is 0 Å². The predicted octanol–water partition coefficient (Wildman–Crippen LogP) is 2.15. The van der Waals surface area contributed by atoms with E-state index in [1.807, 2.05) is 24.3 Å². The molecule has 0 saturated carbocycles. The van der Waals surface area contributed by atoms with Crippen LogP contribution < -0.4 is 5.73 Å². The van der Waals surface area contributed by atoms with E-state index in [4.69, 9.17) is 5.73 Å². The fourth-order valence-corrected chi connectivity index (χ4v) is 2.19. The number of aromatic nitrogens is 4. The van der Waals surface area contributed by atoms with Gasteiger partial charge in [0.1, 0.15) is 5.03 Å². The molecule has 0 aliphatic carbocycles. The molecule has 0 spiro atoms. The Morgan fingerprint density at radius 2 is 1.56 bits per heavy atom. The molecule has 0 fully saturated rings. The number of benzene rings is 1. The molecule has 5 nitrogen and oxygen atoms in total. The van der Waals surface area contributed by atoms with Crippen LogP contribution in [0.4, 0.5) is 5.82 Å². The molecular weight excluding hydrogens is 246 g/mol. The smallest absolute Gasteiger partial charge is 0.193 e. The lowest BCUT2D eigenvalue weighted by Gasteiger charge is -2.04. The molecule has 0 aliphatic heterocycles. The van der Waals surface area contributed by atoms with Crippen LogP contribution in [0.1, 0.15) is 0 Å². The first-order valence-electron chi connectivity index (χ1n) is 5.30. The van der Waals surface area contributed by atoms with Crippen molar-refractivity contribution in [2.75, 3.05) is 5.73 Å². The lowest BCUT2D eigenvalue weighted by molar-refractivity contribution is 0.961. The molecular formula is C12H9N5S. The van der Waals surface area contributed by atoms with Crippen molar-refractivity contribution in [3.05, 3.63) is 42.7 Å². The van der Waals surface area contributed by atoms with E-state index >= 15 is 0 Å². The highest BCUT2D eigenvalue weighted by molar-refractivity contribution is 7.99. The Hall–Kier alpha value is -2.21. The average molecular weight is 255 g/mol. The lowest BCUT2D eigenvalue weighted by Crippen LogP contribution is -1.97. The van der Waals surface area contributed by atoms with Crippen molar-refractivity contribution in [3.8, 4) is 0 Å². The van der Waals surface area contributed by atoms with Crippen molar-refractivity contribution < 1.29 is 0 Å². The van der Waals surface area contributed by atoms with Gasteiger partial charge in [0.15, 0.2) is 11.0 Å². The lowest BCUT2D eigenvalue weighted by atomic mass is 10.3. The van der Waals surface area contributed by atoms with Crippen LogP contribution in [0.25, 0.3) is 11.0 Å². The quantitative estimate of drug-likeness (QED) is 0.707. The number of rotatable bonds is 2. The van der Waals surface area contributed by atoms with E-state index < -0.39 is 0 Å². The molecule has 0 radical (unpaired) electrons. The Kier molecular flexibility index (Phi) is 2.77. The van der Waals surface area contributed by atoms with Crippen molar-refractivity contribution in [1.29, 1.82) is 0 Å². The zero-order chi connectivity index (χ0) is 12.4. The van der Waals surface area contributed by atoms with Gasteiger partial charge in [-0.25, -0.2) is 19.9 Å². The second-order valence-electron chi connectivity index (χ2n) is 3.54. The number of hydrogen-bond donors (Lipinski definition) is 1. The topological polar surface area (TPSA) is 77.6 Å². The zero-order valence-electron chi connectivity index (χ0n) is 9.32. The number of para-hydroxylation sites is 2. The highest BCUT2D eigenvalue weighted by Gasteiger charge is 2.08. The zero-order valence-corrected chi connectivity index (χ0v) is 10.1. The minimum absolute atomic E-state index is 0.395. The van der Waals surface area contributed by atoms with E-state index in [0.717, 1.165) is 11.0 Å². The summed E-state index contributed by atoms with van der Waals surface area (Å²) in [6, 6.07) is 9.37. The number of nitrogens with two attached hydrogens (primary N) is 1. The Morgan fingerprint density at radius 1 is 0.889 bits per heavy atom. The summed E-state index contributed by atoms with van der Waals surface area (Å²) >= 11 is 1.31. The fourth-order valence-electron chi connectivity index (χ4n) is 1.50. The van der Waals surface area contributed by atoms with Crippen LogP contribution in [0.15, 0.2) is 52.9 Å². The fraction of sp³-hybridized carbons (Fsp3) is 0. The molecule has 3 rings (SSSR count). The first kappa shape index (κ1) is 10.9. The SMILES string of the molecule is Nc1nc2ccccc2nc1Sc1ncccn1. The molecule has 0 unspecified atom stereocenters. The van der Waals surface area contributed by atoms with Gasteiger partial charge in [-0.2, -0.15) is 0 Å². The third-order valence-corrected chi connectivity index (χ3v) is 3.18. The minimum Gasteiger partial charge on any atom is -0.381 e. The van der Waals surface area contributed by atoms with E-state index in [2.05, 4.69) is 19.9 Å². The number of fused-ring (bicyclic) bond motifs is 1. The van der Waals surface area contributed by atoms with E-state index in [1.165, 1.54) is 11.8 Å². The maximum Gasteiger partial charge on any atom is 0.193 e. The van der Waals surface area contributed by atoms with E-state index in [9.17, 15) is 0 Å². The molecule has 0 amide bonds. The highest BCUT2D eigenvalue weighted by Crippen LogP contribution is 2.27. The molecule has 2 N–H and O–H groups in total. The normalized spacial score (nSPS) is 10.7. The molecule has 0 atom stereocenters. The Bertz CT molecular complexity index is 686. The van der Waals surface area contributed by atoms with Crippen molar-refractivity contribution >= 4 is 28.6 Å². The van der Waals surface area contributed by atoms with Crippen LogP contribution in [0.5, 0.6) is 0 Å². The molecule has 18 heavy (non-hydrogen) atoms. The first-order chi connectivity index (χ1) is 8.83. The monoisotopic (exact) mass is 255 g/mol. The Morgan fingerprint density at radius 3 is 2.28 bits per heavy atom. The summed E-state index contributed by atoms with van der Waals surface area (Å²) in [5, 5.41) is 1.23. The molecule has 2 heterocycles. The maximum atomic E-state index is 5.88. The van der Waals surface area contributed by atoms with Crippen LogP contribution in [0.2, 0.25) is 0 Å². The molecule has 1 aromatic carbocycles. The summed E-state index contributed by atoms with van der Waals surface area (Å²) < 4.78 is 0. The van der Waals surface area contributed by atoms with Crippen molar-refractivity contribution in [1.82, 2.24) is 19.9 Å². The van der Waals surface area contributed by atoms with Gasteiger partial charge in [-0.05, 0) is 30.0 Å². The summed E-state index contributed by atoms with van der Waals surface area (Å²) in [6.07, 6.45) is 3.36. The highest BCUT2D eigenvalue weighted by atomic mass is 32.2. The third-order valence-electron chi connectivity index (χ3n) is 2.29. The summed E-state index contributed by atoms with van der Waals surface area (Å²) in [6.45, 7) is 0. The third kappa shape index (κ3) is 2.10. The second kappa shape index (κ2) is 4.58. The average Bonchev–Trinajstić information content (AvgIpc) is 2.41. The molecule has 2 aromatic heterocycles. The van der Waals surface area contributed by atoms with E-state index in [1.54, 1.807) is 18.5 Å². The summed E-state index contributed by atoms with van der Waals surface area (Å²) in [5.74, 6) is 0.395. The number of nitrogens with zero attached hydrogens (tertiary/aromatic N) is 4. The van der Waals surface area contributed by atoms with E-state index in [0.29, 0.717) is 16.0 Å². The van der Waals surface area contributed by atoms with Gasteiger partial charge in [-0.1, -0.05) is 12.1 Å². The predicted molar refractivity (Wildman–Crippen MR) is 70.1 cm³/mol. The second-order valence-corrected chi connectivity index (χ2v) is 4.49. The van der Waals surface area contributed by atoms with Crippen LogP contribution in [0.3, 0.4) is 0 Å². The maximum absolute atomic E-state index is 5.88. The Labute approximate surface area is 108 Å². The van der Waals surface area contributed by atoms with Crippen LogP contribution in [-0.2, 0) is 0 Å². The van der Waals surface area contributed by atoms with Gasteiger partial charge in [0, 0.05) is 12.4 Å². The van der Waals surface area contributed by atoms with Crippen LogP contribution >= 0.6 is 11.8 Å². The van der Waals surface area contributed by atoms with Gasteiger partial charge < -0.3 is 5.73 Å². The number of hydrogen-bond acceptors (Lipinski definition) is 6. The van der Waals surface area contributed by atoms with E-state index in [-0.39, 0.29) is 0 Å². The Balaban J connectivity index is 2.04. The number of nitrogen functional groups attached to an aromatic ring is 1. The molecule has 88 valence electrons. The van der Waals surface area contributed by atoms with Crippen molar-refractivity contribution in [3.63, 3.8) is 0 Å². The molecule has 0 saturated heterocycles. The van der Waals surface area contributed by atoms with Gasteiger partial charge in [-0.3, -0.25) is 0 Å². The summed E-state index contributed by atoms with van der Waals surface area (Å²) in [7, 11) is 0. The summed E-state index contributed by atoms with van der Waals surface area (Å²) in [5.41, 5.74) is 7.48. The van der Waals surface area contributed by atoms with Crippen LogP contribution in [-0.4, -0.2) is 19.9 Å². The molecule has 0 bridgehead atoms. The first-order valence-corrected chi connectivity index (χ1v) is 6.12. The van der Waals surface area contributed by atoms with Crippen molar-refractivity contribution in [2.24, 2.45) is 0 Å². The van der Waals surface area contributed by atoms with Gasteiger partial charge in [-0.15, -0.1) is 0 Å². The van der Waals surface area contributed by atoms with Gasteiger partial charge in [0.2, 0.25) is 0 Å². The standard InChI is InChI=1S/C12H9N5S/c13-10-11(18-12-14-6-3-7-15-12)17-9-5-2-1-4-8(9)16-10/h1-7H,(H2,13,16). The van der Waals surface area contributed by atoms with Crippen LogP contribution in [0, 0.1) is 0 Å². The van der Waals surface area contributed by atoms with Gasteiger partial charge in [0.25, 0.3) is 0 Å².